The van der Waals surface area contributed by atoms with Crippen LogP contribution in [0.25, 0.3) is 0 Å². The van der Waals surface area contributed by atoms with E-state index >= 15 is 0 Å². The van der Waals surface area contributed by atoms with E-state index in [2.05, 4.69) is 10.3 Å². The van der Waals surface area contributed by atoms with Gasteiger partial charge in [-0.25, -0.2) is 4.79 Å². The van der Waals surface area contributed by atoms with E-state index in [1.807, 2.05) is 13.8 Å². The van der Waals surface area contributed by atoms with Gasteiger partial charge in [0, 0.05) is 6.54 Å². The normalized spacial score (nSPS) is 10.3. The molecule has 1 aromatic rings. The molecule has 0 radical (unpaired) electrons. The molecule has 1 aromatic heterocycles. The number of rotatable bonds is 7. The maximum absolute atomic E-state index is 11.9. The second kappa shape index (κ2) is 7.84. The molecule has 0 saturated heterocycles. The Morgan fingerprint density at radius 2 is 2.21 bits per heavy atom. The number of ether oxygens (including phenoxy) is 1. The van der Waals surface area contributed by atoms with Crippen LogP contribution in [-0.2, 0) is 4.74 Å². The van der Waals surface area contributed by atoms with Crippen molar-refractivity contribution in [2.75, 3.05) is 18.5 Å². The van der Waals surface area contributed by atoms with Gasteiger partial charge in [-0.2, -0.15) is 4.98 Å². The minimum atomic E-state index is -0.485. The lowest BCUT2D eigenvalue weighted by atomic mass is 10.2. The van der Waals surface area contributed by atoms with Crippen molar-refractivity contribution in [3.63, 3.8) is 0 Å². The van der Waals surface area contributed by atoms with Crippen molar-refractivity contribution in [3.8, 4) is 5.88 Å². The van der Waals surface area contributed by atoms with Crippen molar-refractivity contribution in [3.05, 3.63) is 16.7 Å². The lowest BCUT2D eigenvalue weighted by Gasteiger charge is -2.11. The Bertz CT molecular complexity index is 438. The number of anilines is 1. The van der Waals surface area contributed by atoms with Crippen molar-refractivity contribution < 1.29 is 14.6 Å². The van der Waals surface area contributed by atoms with Gasteiger partial charge in [0.15, 0.2) is 0 Å². The summed E-state index contributed by atoms with van der Waals surface area (Å²) in [5, 5.41) is 12.5. The van der Waals surface area contributed by atoms with Gasteiger partial charge in [-0.05, 0) is 18.9 Å². The van der Waals surface area contributed by atoms with Crippen molar-refractivity contribution in [2.24, 2.45) is 0 Å². The summed E-state index contributed by atoms with van der Waals surface area (Å²) in [7, 11) is 0. The first kappa shape index (κ1) is 15.6. The Balaban J connectivity index is 2.89. The zero-order valence-corrected chi connectivity index (χ0v) is 12.0. The smallest absolute Gasteiger partial charge is 0.341 e. The Labute approximate surface area is 117 Å². The molecule has 0 atom stereocenters. The topological polar surface area (TPSA) is 71.5 Å². The number of pyridine rings is 1. The van der Waals surface area contributed by atoms with Gasteiger partial charge in [-0.3, -0.25) is 0 Å². The van der Waals surface area contributed by atoms with Crippen LogP contribution in [0.5, 0.6) is 5.88 Å². The van der Waals surface area contributed by atoms with Gasteiger partial charge in [-0.1, -0.05) is 31.9 Å². The highest BCUT2D eigenvalue weighted by atomic mass is 35.5. The Morgan fingerprint density at radius 1 is 1.47 bits per heavy atom. The first-order valence-corrected chi connectivity index (χ1v) is 6.78. The van der Waals surface area contributed by atoms with E-state index in [0.717, 1.165) is 19.3 Å². The number of unbranched alkanes of at least 4 members (excludes halogenated alkanes) is 1. The number of aromatic hydroxyl groups is 1. The molecule has 6 heteroatoms. The van der Waals surface area contributed by atoms with Crippen molar-refractivity contribution in [1.82, 2.24) is 4.98 Å². The van der Waals surface area contributed by atoms with E-state index in [0.29, 0.717) is 19.0 Å². The lowest BCUT2D eigenvalue weighted by Crippen LogP contribution is -2.12. The zero-order valence-electron chi connectivity index (χ0n) is 11.2. The standard InChI is InChI=1S/C13H19ClN2O3/c1-3-5-7-19-13(18)9-8-10(14)12(17)16-11(9)15-6-4-2/h8H,3-7H2,1-2H3,(H2,15,16,17). The molecular formula is C13H19ClN2O3. The highest BCUT2D eigenvalue weighted by molar-refractivity contribution is 6.32. The first-order valence-electron chi connectivity index (χ1n) is 6.40. The van der Waals surface area contributed by atoms with Gasteiger partial charge in [0.25, 0.3) is 0 Å². The van der Waals surface area contributed by atoms with Crippen molar-refractivity contribution >= 4 is 23.4 Å². The van der Waals surface area contributed by atoms with Gasteiger partial charge in [0.05, 0.1) is 6.61 Å². The van der Waals surface area contributed by atoms with Crippen LogP contribution in [0.4, 0.5) is 5.82 Å². The van der Waals surface area contributed by atoms with Crippen LogP contribution in [0.1, 0.15) is 43.5 Å². The Hall–Kier alpha value is -1.49. The highest BCUT2D eigenvalue weighted by Crippen LogP contribution is 2.27. The monoisotopic (exact) mass is 286 g/mol. The Kier molecular flexibility index (Phi) is 6.42. The fraction of sp³-hybridized carbons (Fsp3) is 0.538. The molecule has 1 rings (SSSR count). The summed E-state index contributed by atoms with van der Waals surface area (Å²) in [5.74, 6) is -0.489. The van der Waals surface area contributed by atoms with E-state index < -0.39 is 5.97 Å². The third-order valence-electron chi connectivity index (χ3n) is 2.45. The molecule has 2 N–H and O–H groups in total. The molecule has 0 saturated carbocycles. The summed E-state index contributed by atoms with van der Waals surface area (Å²) in [6.07, 6.45) is 2.63. The second-order valence-corrected chi connectivity index (χ2v) is 4.51. The van der Waals surface area contributed by atoms with Gasteiger partial charge in [0.1, 0.15) is 16.4 Å². The predicted molar refractivity (Wildman–Crippen MR) is 74.9 cm³/mol. The minimum absolute atomic E-state index is 0.0319. The molecule has 19 heavy (non-hydrogen) atoms. The summed E-state index contributed by atoms with van der Waals surface area (Å²) in [6, 6.07) is 1.37. The number of halogens is 1. The molecule has 0 fully saturated rings. The number of esters is 1. The number of hydrogen-bond acceptors (Lipinski definition) is 5. The van der Waals surface area contributed by atoms with E-state index in [4.69, 9.17) is 16.3 Å². The number of aromatic nitrogens is 1. The molecule has 5 nitrogen and oxygen atoms in total. The molecule has 0 unspecified atom stereocenters. The summed E-state index contributed by atoms with van der Waals surface area (Å²) in [4.78, 5) is 15.8. The lowest BCUT2D eigenvalue weighted by molar-refractivity contribution is 0.0500. The van der Waals surface area contributed by atoms with Crippen LogP contribution in [0.2, 0.25) is 5.02 Å². The molecule has 106 valence electrons. The average molecular weight is 287 g/mol. The molecule has 0 aliphatic rings. The number of carbonyl (C=O) groups is 1. The van der Waals surface area contributed by atoms with Gasteiger partial charge < -0.3 is 15.2 Å². The molecule has 0 amide bonds. The average Bonchev–Trinajstić information content (AvgIpc) is 2.39. The maximum atomic E-state index is 11.9. The maximum Gasteiger partial charge on any atom is 0.341 e. The van der Waals surface area contributed by atoms with Crippen LogP contribution >= 0.6 is 11.6 Å². The van der Waals surface area contributed by atoms with Crippen molar-refractivity contribution in [2.45, 2.75) is 33.1 Å². The fourth-order valence-corrected chi connectivity index (χ4v) is 1.55. The van der Waals surface area contributed by atoms with Crippen LogP contribution in [-0.4, -0.2) is 29.2 Å². The SMILES string of the molecule is CCCCOC(=O)c1cc(Cl)c(O)nc1NCCC. The molecular weight excluding hydrogens is 268 g/mol. The molecule has 0 aromatic carbocycles. The molecule has 1 heterocycles. The van der Waals surface area contributed by atoms with E-state index in [1.54, 1.807) is 0 Å². The number of hydrogen-bond donors (Lipinski definition) is 2. The fourth-order valence-electron chi connectivity index (χ4n) is 1.40. The molecule has 0 aliphatic heterocycles. The van der Waals surface area contributed by atoms with Gasteiger partial charge in [-0.15, -0.1) is 0 Å². The Morgan fingerprint density at radius 3 is 2.84 bits per heavy atom. The number of nitrogens with one attached hydrogen (secondary N) is 1. The number of carbonyl (C=O) groups excluding carboxylic acids is 1. The highest BCUT2D eigenvalue weighted by Gasteiger charge is 2.17. The van der Waals surface area contributed by atoms with E-state index in [1.165, 1.54) is 6.07 Å². The molecule has 0 spiro atoms. The van der Waals surface area contributed by atoms with Crippen LogP contribution in [0.15, 0.2) is 6.07 Å². The summed E-state index contributed by atoms with van der Waals surface area (Å²) in [6.45, 7) is 5.01. The van der Waals surface area contributed by atoms with Gasteiger partial charge >= 0.3 is 5.97 Å². The number of nitrogens with zero attached hydrogens (tertiary/aromatic N) is 1. The minimum Gasteiger partial charge on any atom is -0.492 e. The van der Waals surface area contributed by atoms with Gasteiger partial charge in [0.2, 0.25) is 5.88 Å². The van der Waals surface area contributed by atoms with Crippen LogP contribution in [0, 0.1) is 0 Å². The summed E-state index contributed by atoms with van der Waals surface area (Å²) in [5.41, 5.74) is 0.243. The van der Waals surface area contributed by atoms with Crippen molar-refractivity contribution in [1.29, 1.82) is 0 Å². The summed E-state index contributed by atoms with van der Waals surface area (Å²) >= 11 is 5.78. The molecule has 0 aliphatic carbocycles. The van der Waals surface area contributed by atoms with Crippen LogP contribution in [0.3, 0.4) is 0 Å². The summed E-state index contributed by atoms with van der Waals surface area (Å²) < 4.78 is 5.12. The third-order valence-corrected chi connectivity index (χ3v) is 2.73. The zero-order chi connectivity index (χ0) is 14.3. The third kappa shape index (κ3) is 4.59. The first-order chi connectivity index (χ1) is 9.10. The predicted octanol–water partition coefficient (Wildman–Crippen LogP) is 3.22. The molecule has 0 bridgehead atoms. The quantitative estimate of drug-likeness (QED) is 0.595. The van der Waals surface area contributed by atoms with E-state index in [9.17, 15) is 9.90 Å². The largest absolute Gasteiger partial charge is 0.492 e. The second-order valence-electron chi connectivity index (χ2n) is 4.11. The van der Waals surface area contributed by atoms with Crippen LogP contribution < -0.4 is 5.32 Å². The van der Waals surface area contributed by atoms with E-state index in [-0.39, 0.29) is 16.5 Å².